The van der Waals surface area contributed by atoms with Crippen molar-refractivity contribution in [2.75, 3.05) is 12.4 Å². The van der Waals surface area contributed by atoms with Gasteiger partial charge in [0.1, 0.15) is 6.10 Å². The maximum Gasteiger partial charge on any atom is 0.352 e. The Morgan fingerprint density at radius 1 is 0.906 bits per heavy atom. The molecule has 0 radical (unpaired) electrons. The topological polar surface area (TPSA) is 69.7 Å². The Bertz CT molecular complexity index is 1310. The lowest BCUT2D eigenvalue weighted by Gasteiger charge is -2.20. The lowest BCUT2D eigenvalue weighted by Crippen LogP contribution is -2.20. The Hall–Kier alpha value is -3.16. The van der Waals surface area contributed by atoms with Crippen LogP contribution in [0.3, 0.4) is 0 Å². The van der Waals surface area contributed by atoms with Crippen molar-refractivity contribution >= 4 is 37.2 Å². The number of rotatable bonds is 8. The zero-order valence-corrected chi connectivity index (χ0v) is 19.1. The quantitative estimate of drug-likeness (QED) is 0.313. The molecule has 3 aromatic carbocycles. The number of hydrogen-bond acceptors (Lipinski definition) is 6. The van der Waals surface area contributed by atoms with Gasteiger partial charge in [-0.25, -0.2) is 13.2 Å². The minimum atomic E-state index is -3.65. The molecular formula is C25H22O5S2. The van der Waals surface area contributed by atoms with Crippen LogP contribution in [0.25, 0.3) is 10.1 Å². The number of hydrogen-bond donors (Lipinski definition) is 0. The van der Waals surface area contributed by atoms with Crippen molar-refractivity contribution in [3.05, 3.63) is 95.4 Å². The van der Waals surface area contributed by atoms with Gasteiger partial charge in [-0.3, -0.25) is 0 Å². The second-order valence-electron chi connectivity index (χ2n) is 7.09. The number of fused-ring (bicyclic) bond motifs is 1. The highest BCUT2D eigenvalue weighted by molar-refractivity contribution is 7.91. The fourth-order valence-corrected chi connectivity index (χ4v) is 5.85. The van der Waals surface area contributed by atoms with E-state index in [1.807, 2.05) is 54.6 Å². The van der Waals surface area contributed by atoms with Crippen LogP contribution in [0.2, 0.25) is 0 Å². The van der Waals surface area contributed by atoms with Crippen molar-refractivity contribution in [2.45, 2.75) is 17.9 Å². The van der Waals surface area contributed by atoms with E-state index < -0.39 is 21.9 Å². The number of ether oxygens (including phenoxy) is 2. The Labute approximate surface area is 191 Å². The summed E-state index contributed by atoms with van der Waals surface area (Å²) in [5, 5.41) is 0.749. The van der Waals surface area contributed by atoms with E-state index in [9.17, 15) is 13.2 Å². The summed E-state index contributed by atoms with van der Waals surface area (Å²) in [5.74, 6) is -0.407. The molecule has 5 nitrogen and oxygen atoms in total. The average Bonchev–Trinajstić information content (AvgIpc) is 3.18. The molecule has 1 atom stereocenters. The zero-order chi connectivity index (χ0) is 22.6. The summed E-state index contributed by atoms with van der Waals surface area (Å²) in [6.45, 7) is 1.97. The lowest BCUT2D eigenvalue weighted by molar-refractivity contribution is 0.0526. The number of benzene rings is 3. The third kappa shape index (κ3) is 4.69. The standard InChI is InChI=1S/C25H22O5S2/c1-2-29-25(26)24-23(20-15-9-10-16-22(20)31-24)30-21(18-11-5-3-6-12-18)17-32(27,28)19-13-7-4-8-14-19/h3-16,21H,2,17H2,1H3. The van der Waals surface area contributed by atoms with E-state index in [4.69, 9.17) is 9.47 Å². The van der Waals surface area contributed by atoms with Gasteiger partial charge in [0.25, 0.3) is 0 Å². The van der Waals surface area contributed by atoms with Crippen molar-refractivity contribution in [1.82, 2.24) is 0 Å². The summed E-state index contributed by atoms with van der Waals surface area (Å²) in [6.07, 6.45) is -0.812. The summed E-state index contributed by atoms with van der Waals surface area (Å²) in [7, 11) is -3.65. The van der Waals surface area contributed by atoms with Crippen molar-refractivity contribution in [2.24, 2.45) is 0 Å². The number of thiophene rings is 1. The van der Waals surface area contributed by atoms with Gasteiger partial charge in [0.2, 0.25) is 0 Å². The number of esters is 1. The second kappa shape index (κ2) is 9.54. The van der Waals surface area contributed by atoms with Gasteiger partial charge in [0, 0.05) is 10.1 Å². The summed E-state index contributed by atoms with van der Waals surface area (Å²) in [5.41, 5.74) is 0.706. The molecule has 1 unspecified atom stereocenters. The highest BCUT2D eigenvalue weighted by Gasteiger charge is 2.28. The van der Waals surface area contributed by atoms with Gasteiger partial charge in [-0.2, -0.15) is 0 Å². The Balaban J connectivity index is 1.78. The first-order chi connectivity index (χ1) is 15.5. The van der Waals surface area contributed by atoms with Crippen LogP contribution in [0.1, 0.15) is 28.3 Å². The summed E-state index contributed by atoms with van der Waals surface area (Å²) in [6, 6.07) is 25.0. The third-order valence-corrected chi connectivity index (χ3v) is 7.78. The van der Waals surface area contributed by atoms with E-state index in [0.29, 0.717) is 16.2 Å². The van der Waals surface area contributed by atoms with Crippen LogP contribution >= 0.6 is 11.3 Å². The van der Waals surface area contributed by atoms with Crippen LogP contribution in [0.15, 0.2) is 89.8 Å². The van der Waals surface area contributed by atoms with Crippen molar-refractivity contribution in [3.8, 4) is 5.75 Å². The smallest absolute Gasteiger partial charge is 0.352 e. The number of sulfone groups is 1. The molecule has 4 aromatic rings. The average molecular weight is 467 g/mol. The summed E-state index contributed by atoms with van der Waals surface area (Å²) >= 11 is 1.27. The van der Waals surface area contributed by atoms with Crippen LogP contribution in [0.4, 0.5) is 0 Å². The molecule has 0 bridgehead atoms. The first-order valence-electron chi connectivity index (χ1n) is 10.2. The van der Waals surface area contributed by atoms with Crippen LogP contribution in [0, 0.1) is 0 Å². The minimum Gasteiger partial charge on any atom is -0.482 e. The molecule has 0 spiro atoms. The van der Waals surface area contributed by atoms with E-state index in [1.165, 1.54) is 11.3 Å². The van der Waals surface area contributed by atoms with Crippen LogP contribution in [-0.2, 0) is 14.6 Å². The van der Waals surface area contributed by atoms with Gasteiger partial charge in [-0.15, -0.1) is 11.3 Å². The van der Waals surface area contributed by atoms with Gasteiger partial charge in [0.05, 0.1) is 17.3 Å². The lowest BCUT2D eigenvalue weighted by atomic mass is 10.1. The zero-order valence-electron chi connectivity index (χ0n) is 17.4. The highest BCUT2D eigenvalue weighted by Crippen LogP contribution is 2.41. The van der Waals surface area contributed by atoms with Gasteiger partial charge < -0.3 is 9.47 Å². The molecule has 0 aliphatic heterocycles. The fraction of sp³-hybridized carbons (Fsp3) is 0.160. The molecule has 0 fully saturated rings. The molecule has 0 aliphatic carbocycles. The summed E-state index contributed by atoms with van der Waals surface area (Å²) in [4.78, 5) is 13.2. The van der Waals surface area contributed by atoms with Crippen molar-refractivity contribution in [3.63, 3.8) is 0 Å². The van der Waals surface area contributed by atoms with Crippen LogP contribution < -0.4 is 4.74 Å². The number of carbonyl (C=O) groups is 1. The largest absolute Gasteiger partial charge is 0.482 e. The summed E-state index contributed by atoms with van der Waals surface area (Å²) < 4.78 is 38.8. The van der Waals surface area contributed by atoms with E-state index in [2.05, 4.69) is 0 Å². The molecule has 0 saturated heterocycles. The van der Waals surface area contributed by atoms with Crippen LogP contribution in [-0.4, -0.2) is 26.7 Å². The SMILES string of the molecule is CCOC(=O)c1sc2ccccc2c1OC(CS(=O)(=O)c1ccccc1)c1ccccc1. The van der Waals surface area contributed by atoms with Crippen LogP contribution in [0.5, 0.6) is 5.75 Å². The Morgan fingerprint density at radius 2 is 1.53 bits per heavy atom. The molecule has 0 aliphatic rings. The molecule has 32 heavy (non-hydrogen) atoms. The predicted molar refractivity (Wildman–Crippen MR) is 126 cm³/mol. The Morgan fingerprint density at radius 3 is 2.22 bits per heavy atom. The predicted octanol–water partition coefficient (Wildman–Crippen LogP) is 5.67. The van der Waals surface area contributed by atoms with Gasteiger partial charge in [-0.05, 0) is 36.8 Å². The highest BCUT2D eigenvalue weighted by atomic mass is 32.2. The fourth-order valence-electron chi connectivity index (χ4n) is 3.40. The molecule has 1 aromatic heterocycles. The maximum absolute atomic E-state index is 13.2. The Kier molecular flexibility index (Phi) is 6.58. The molecule has 0 saturated carbocycles. The first-order valence-corrected chi connectivity index (χ1v) is 12.6. The van der Waals surface area contributed by atoms with E-state index >= 15 is 0 Å². The molecule has 0 N–H and O–H groups in total. The van der Waals surface area contributed by atoms with Gasteiger partial charge >= 0.3 is 5.97 Å². The van der Waals surface area contributed by atoms with E-state index in [1.54, 1.807) is 37.3 Å². The van der Waals surface area contributed by atoms with Crippen molar-refractivity contribution in [1.29, 1.82) is 0 Å². The molecule has 7 heteroatoms. The third-order valence-electron chi connectivity index (χ3n) is 4.92. The van der Waals surface area contributed by atoms with Gasteiger partial charge in [-0.1, -0.05) is 60.7 Å². The minimum absolute atomic E-state index is 0.227. The molecule has 164 valence electrons. The monoisotopic (exact) mass is 466 g/mol. The molecule has 4 rings (SSSR count). The van der Waals surface area contributed by atoms with E-state index in [-0.39, 0.29) is 17.3 Å². The van der Waals surface area contributed by atoms with Crippen molar-refractivity contribution < 1.29 is 22.7 Å². The molecular weight excluding hydrogens is 444 g/mol. The second-order valence-corrected chi connectivity index (χ2v) is 10.2. The maximum atomic E-state index is 13.2. The normalized spacial score (nSPS) is 12.4. The van der Waals surface area contributed by atoms with E-state index in [0.717, 1.165) is 10.1 Å². The first kappa shape index (κ1) is 22.0. The molecule has 0 amide bonds. The van der Waals surface area contributed by atoms with Gasteiger partial charge in [0.15, 0.2) is 20.5 Å². The number of carbonyl (C=O) groups excluding carboxylic acids is 1. The molecule has 1 heterocycles.